The fourth-order valence-corrected chi connectivity index (χ4v) is 2.42. The number of benzene rings is 2. The second-order valence-corrected chi connectivity index (χ2v) is 5.54. The van der Waals surface area contributed by atoms with Crippen LogP contribution >= 0.6 is 0 Å². The molecule has 114 valence electrons. The minimum absolute atomic E-state index is 0.561. The Morgan fingerprint density at radius 2 is 2.00 bits per heavy atom. The average Bonchev–Trinajstić information content (AvgIpc) is 3.08. The maximum atomic E-state index is 5.93. The lowest BCUT2D eigenvalue weighted by Gasteiger charge is -2.14. The van der Waals surface area contributed by atoms with Crippen LogP contribution in [0.25, 0.3) is 0 Å². The van der Waals surface area contributed by atoms with Gasteiger partial charge in [-0.25, -0.2) is 0 Å². The highest BCUT2D eigenvalue weighted by Gasteiger charge is 2.08. The number of rotatable bonds is 5. The Kier molecular flexibility index (Phi) is 4.28. The molecule has 0 amide bonds. The SMILES string of the molecule is CN(C)c1cccc(COc2cccc(C3=NCCN3)c2)c1. The van der Waals surface area contributed by atoms with Gasteiger partial charge in [-0.05, 0) is 29.8 Å². The van der Waals surface area contributed by atoms with Crippen molar-refractivity contribution in [1.29, 1.82) is 0 Å². The molecule has 1 aliphatic heterocycles. The van der Waals surface area contributed by atoms with Crippen LogP contribution in [0.4, 0.5) is 5.69 Å². The first-order chi connectivity index (χ1) is 10.7. The molecule has 22 heavy (non-hydrogen) atoms. The zero-order valence-corrected chi connectivity index (χ0v) is 13.0. The summed E-state index contributed by atoms with van der Waals surface area (Å²) < 4.78 is 5.93. The first-order valence-electron chi connectivity index (χ1n) is 7.50. The lowest BCUT2D eigenvalue weighted by atomic mass is 10.2. The molecule has 0 fully saturated rings. The van der Waals surface area contributed by atoms with Crippen molar-refractivity contribution in [1.82, 2.24) is 5.32 Å². The van der Waals surface area contributed by atoms with Crippen molar-refractivity contribution in [2.75, 3.05) is 32.1 Å². The second kappa shape index (κ2) is 6.52. The first-order valence-corrected chi connectivity index (χ1v) is 7.50. The summed E-state index contributed by atoms with van der Waals surface area (Å²) in [5.74, 6) is 1.82. The number of aliphatic imine (C=N–C) groups is 1. The zero-order chi connectivity index (χ0) is 15.4. The smallest absolute Gasteiger partial charge is 0.128 e. The molecule has 2 aromatic carbocycles. The number of hydrogen-bond donors (Lipinski definition) is 1. The Labute approximate surface area is 131 Å². The van der Waals surface area contributed by atoms with Crippen LogP contribution in [0.1, 0.15) is 11.1 Å². The summed E-state index contributed by atoms with van der Waals surface area (Å²) in [4.78, 5) is 6.53. The number of ether oxygens (including phenoxy) is 1. The third kappa shape index (κ3) is 3.39. The van der Waals surface area contributed by atoms with Gasteiger partial charge >= 0.3 is 0 Å². The molecule has 0 bridgehead atoms. The van der Waals surface area contributed by atoms with Crippen molar-refractivity contribution in [3.8, 4) is 5.75 Å². The van der Waals surface area contributed by atoms with E-state index in [1.54, 1.807) is 0 Å². The van der Waals surface area contributed by atoms with E-state index in [1.165, 1.54) is 5.69 Å². The maximum absolute atomic E-state index is 5.93. The number of hydrogen-bond acceptors (Lipinski definition) is 4. The summed E-state index contributed by atoms with van der Waals surface area (Å²) in [6.07, 6.45) is 0. The third-order valence-corrected chi connectivity index (χ3v) is 3.61. The summed E-state index contributed by atoms with van der Waals surface area (Å²) in [6.45, 7) is 2.32. The van der Waals surface area contributed by atoms with Crippen molar-refractivity contribution < 1.29 is 4.74 Å². The topological polar surface area (TPSA) is 36.9 Å². The predicted octanol–water partition coefficient (Wildman–Crippen LogP) is 2.68. The van der Waals surface area contributed by atoms with E-state index in [4.69, 9.17) is 4.74 Å². The van der Waals surface area contributed by atoms with E-state index < -0.39 is 0 Å². The normalized spacial score (nSPS) is 13.5. The van der Waals surface area contributed by atoms with Crippen LogP contribution < -0.4 is 15.0 Å². The molecule has 4 nitrogen and oxygen atoms in total. The number of anilines is 1. The molecule has 0 saturated carbocycles. The summed E-state index contributed by atoms with van der Waals surface area (Å²) in [7, 11) is 4.08. The summed E-state index contributed by atoms with van der Waals surface area (Å²) >= 11 is 0. The third-order valence-electron chi connectivity index (χ3n) is 3.61. The van der Waals surface area contributed by atoms with Gasteiger partial charge in [0.15, 0.2) is 0 Å². The molecular weight excluding hydrogens is 274 g/mol. The van der Waals surface area contributed by atoms with Crippen LogP contribution in [0.2, 0.25) is 0 Å². The average molecular weight is 295 g/mol. The van der Waals surface area contributed by atoms with E-state index in [0.717, 1.165) is 35.8 Å². The minimum Gasteiger partial charge on any atom is -0.489 e. The number of nitrogens with zero attached hydrogens (tertiary/aromatic N) is 2. The molecule has 0 spiro atoms. The molecule has 0 aliphatic carbocycles. The van der Waals surface area contributed by atoms with Gasteiger partial charge in [0, 0.05) is 31.9 Å². The molecular formula is C18H21N3O. The predicted molar refractivity (Wildman–Crippen MR) is 90.9 cm³/mol. The maximum Gasteiger partial charge on any atom is 0.128 e. The molecule has 4 heteroatoms. The Hall–Kier alpha value is -2.49. The van der Waals surface area contributed by atoms with E-state index in [9.17, 15) is 0 Å². The highest BCUT2D eigenvalue weighted by Crippen LogP contribution is 2.18. The van der Waals surface area contributed by atoms with Crippen LogP contribution in [0.5, 0.6) is 5.75 Å². The number of nitrogens with one attached hydrogen (secondary N) is 1. The van der Waals surface area contributed by atoms with Crippen molar-refractivity contribution in [3.05, 3.63) is 59.7 Å². The van der Waals surface area contributed by atoms with E-state index in [2.05, 4.69) is 45.5 Å². The quantitative estimate of drug-likeness (QED) is 0.921. The van der Waals surface area contributed by atoms with Gasteiger partial charge < -0.3 is 15.0 Å². The van der Waals surface area contributed by atoms with E-state index in [1.807, 2.05) is 32.3 Å². The minimum atomic E-state index is 0.561. The van der Waals surface area contributed by atoms with Crippen molar-refractivity contribution in [2.45, 2.75) is 6.61 Å². The molecule has 0 atom stereocenters. The van der Waals surface area contributed by atoms with Crippen LogP contribution in [0.3, 0.4) is 0 Å². The number of amidine groups is 1. The van der Waals surface area contributed by atoms with E-state index >= 15 is 0 Å². The summed E-state index contributed by atoms with van der Waals surface area (Å²) in [6, 6.07) is 16.4. The molecule has 0 saturated heterocycles. The molecule has 0 aromatic heterocycles. The molecule has 0 unspecified atom stereocenters. The van der Waals surface area contributed by atoms with Gasteiger partial charge in [-0.1, -0.05) is 24.3 Å². The van der Waals surface area contributed by atoms with Gasteiger partial charge in [0.05, 0.1) is 6.54 Å². The Morgan fingerprint density at radius 3 is 2.77 bits per heavy atom. The van der Waals surface area contributed by atoms with Gasteiger partial charge in [0.25, 0.3) is 0 Å². The zero-order valence-electron chi connectivity index (χ0n) is 13.0. The lowest BCUT2D eigenvalue weighted by Crippen LogP contribution is -2.19. The highest BCUT2D eigenvalue weighted by atomic mass is 16.5. The molecule has 0 radical (unpaired) electrons. The van der Waals surface area contributed by atoms with Gasteiger partial charge in [-0.15, -0.1) is 0 Å². The van der Waals surface area contributed by atoms with E-state index in [0.29, 0.717) is 6.61 Å². The summed E-state index contributed by atoms with van der Waals surface area (Å²) in [5, 5.41) is 3.28. The standard InChI is InChI=1S/C18H21N3O/c1-21(2)16-7-3-5-14(11-16)13-22-17-8-4-6-15(12-17)18-19-9-10-20-18/h3-8,11-12H,9-10,13H2,1-2H3,(H,19,20). The largest absolute Gasteiger partial charge is 0.489 e. The molecule has 3 rings (SSSR count). The molecule has 1 N–H and O–H groups in total. The van der Waals surface area contributed by atoms with E-state index in [-0.39, 0.29) is 0 Å². The molecule has 1 aliphatic rings. The molecule has 2 aromatic rings. The first kappa shape index (κ1) is 14.4. The lowest BCUT2D eigenvalue weighted by molar-refractivity contribution is 0.306. The van der Waals surface area contributed by atoms with Crippen LogP contribution in [0, 0.1) is 0 Å². The Bertz CT molecular complexity index is 680. The Balaban J connectivity index is 1.69. The fraction of sp³-hybridized carbons (Fsp3) is 0.278. The van der Waals surface area contributed by atoms with Crippen LogP contribution in [-0.2, 0) is 6.61 Å². The van der Waals surface area contributed by atoms with Gasteiger partial charge in [-0.2, -0.15) is 0 Å². The van der Waals surface area contributed by atoms with Crippen LogP contribution in [-0.4, -0.2) is 33.0 Å². The second-order valence-electron chi connectivity index (χ2n) is 5.54. The fourth-order valence-electron chi connectivity index (χ4n) is 2.42. The Morgan fingerprint density at radius 1 is 1.14 bits per heavy atom. The van der Waals surface area contributed by atoms with Gasteiger partial charge in [0.2, 0.25) is 0 Å². The van der Waals surface area contributed by atoms with Crippen molar-refractivity contribution >= 4 is 11.5 Å². The van der Waals surface area contributed by atoms with Crippen molar-refractivity contribution in [3.63, 3.8) is 0 Å². The summed E-state index contributed by atoms with van der Waals surface area (Å²) in [5.41, 5.74) is 3.42. The van der Waals surface area contributed by atoms with Gasteiger partial charge in [-0.3, -0.25) is 4.99 Å². The van der Waals surface area contributed by atoms with Crippen LogP contribution in [0.15, 0.2) is 53.5 Å². The van der Waals surface area contributed by atoms with Gasteiger partial charge in [0.1, 0.15) is 18.2 Å². The van der Waals surface area contributed by atoms with Crippen molar-refractivity contribution in [2.24, 2.45) is 4.99 Å². The molecule has 1 heterocycles. The highest BCUT2D eigenvalue weighted by molar-refractivity contribution is 6.00. The monoisotopic (exact) mass is 295 g/mol.